The van der Waals surface area contributed by atoms with E-state index in [1.54, 1.807) is 17.6 Å². The summed E-state index contributed by atoms with van der Waals surface area (Å²) in [6.45, 7) is 4.21. The van der Waals surface area contributed by atoms with Gasteiger partial charge in [-0.15, -0.1) is 11.3 Å². The lowest BCUT2D eigenvalue weighted by atomic mass is 10.0. The number of rotatable bonds is 6. The highest BCUT2D eigenvalue weighted by molar-refractivity contribution is 7.11. The number of ether oxygens (including phenoxy) is 1. The third-order valence-corrected chi connectivity index (χ3v) is 3.65. The van der Waals surface area contributed by atoms with E-state index in [4.69, 9.17) is 4.74 Å². The zero-order chi connectivity index (χ0) is 15.1. The minimum absolute atomic E-state index is 0.0528. The first-order chi connectivity index (χ1) is 10.1. The van der Waals surface area contributed by atoms with Crippen molar-refractivity contribution in [1.29, 1.82) is 0 Å². The van der Waals surface area contributed by atoms with Crippen LogP contribution in [0.25, 0.3) is 0 Å². The van der Waals surface area contributed by atoms with Crippen LogP contribution in [0.5, 0.6) is 5.75 Å². The van der Waals surface area contributed by atoms with Gasteiger partial charge in [0.05, 0.1) is 6.21 Å². The Morgan fingerprint density at radius 3 is 2.71 bits per heavy atom. The van der Waals surface area contributed by atoms with Crippen LogP contribution in [0.15, 0.2) is 46.9 Å². The molecule has 4 nitrogen and oxygen atoms in total. The lowest BCUT2D eigenvalue weighted by Gasteiger charge is -2.08. The van der Waals surface area contributed by atoms with E-state index in [-0.39, 0.29) is 12.5 Å². The number of nitrogens with one attached hydrogen (secondary N) is 1. The minimum atomic E-state index is -0.282. The van der Waals surface area contributed by atoms with Gasteiger partial charge in [-0.2, -0.15) is 5.10 Å². The van der Waals surface area contributed by atoms with Gasteiger partial charge in [-0.1, -0.05) is 32.0 Å². The van der Waals surface area contributed by atoms with Crippen LogP contribution in [0, 0.1) is 0 Å². The fourth-order valence-electron chi connectivity index (χ4n) is 1.66. The lowest BCUT2D eigenvalue weighted by molar-refractivity contribution is -0.123. The number of hydrogen-bond acceptors (Lipinski definition) is 4. The molecule has 0 aliphatic heterocycles. The van der Waals surface area contributed by atoms with Crippen LogP contribution in [-0.2, 0) is 4.79 Å². The molecular weight excluding hydrogens is 284 g/mol. The van der Waals surface area contributed by atoms with E-state index in [0.717, 1.165) is 4.88 Å². The van der Waals surface area contributed by atoms with Crippen molar-refractivity contribution in [2.75, 3.05) is 6.61 Å². The summed E-state index contributed by atoms with van der Waals surface area (Å²) in [4.78, 5) is 12.6. The number of thiophene rings is 1. The monoisotopic (exact) mass is 302 g/mol. The summed E-state index contributed by atoms with van der Waals surface area (Å²) in [5, 5.41) is 5.82. The third kappa shape index (κ3) is 5.04. The Hall–Kier alpha value is -2.14. The molecule has 21 heavy (non-hydrogen) atoms. The van der Waals surface area contributed by atoms with Crippen molar-refractivity contribution in [2.45, 2.75) is 19.8 Å². The molecule has 1 aromatic heterocycles. The molecule has 0 atom stereocenters. The lowest BCUT2D eigenvalue weighted by Crippen LogP contribution is -2.24. The summed E-state index contributed by atoms with van der Waals surface area (Å²) >= 11 is 1.56. The summed E-state index contributed by atoms with van der Waals surface area (Å²) in [5.41, 5.74) is 3.68. The molecule has 2 rings (SSSR count). The Morgan fingerprint density at radius 2 is 2.10 bits per heavy atom. The number of amides is 1. The number of carbonyl (C=O) groups excluding carboxylic acids is 1. The molecule has 2 aromatic rings. The second-order valence-corrected chi connectivity index (χ2v) is 5.80. The molecule has 5 heteroatoms. The Kier molecular flexibility index (Phi) is 5.51. The number of carbonyl (C=O) groups is 1. The summed E-state index contributed by atoms with van der Waals surface area (Å²) in [6, 6.07) is 11.6. The van der Waals surface area contributed by atoms with Crippen molar-refractivity contribution in [1.82, 2.24) is 5.43 Å². The van der Waals surface area contributed by atoms with E-state index in [0.29, 0.717) is 11.7 Å². The fraction of sp³-hybridized carbons (Fsp3) is 0.250. The van der Waals surface area contributed by atoms with Crippen molar-refractivity contribution in [2.24, 2.45) is 5.10 Å². The van der Waals surface area contributed by atoms with Crippen LogP contribution in [0.4, 0.5) is 0 Å². The van der Waals surface area contributed by atoms with Crippen molar-refractivity contribution in [3.8, 4) is 5.75 Å². The van der Waals surface area contributed by atoms with E-state index in [1.807, 2.05) is 41.8 Å². The SMILES string of the molecule is CC(C)c1ccc(OCC(=O)NN=Cc2cccs2)cc1. The molecule has 1 amide bonds. The highest BCUT2D eigenvalue weighted by Gasteiger charge is 2.03. The maximum atomic E-state index is 11.6. The van der Waals surface area contributed by atoms with Gasteiger partial charge in [0.1, 0.15) is 5.75 Å². The van der Waals surface area contributed by atoms with Crippen LogP contribution < -0.4 is 10.2 Å². The molecule has 0 saturated heterocycles. The second kappa shape index (κ2) is 7.59. The zero-order valence-corrected chi connectivity index (χ0v) is 12.9. The average Bonchev–Trinajstić information content (AvgIpc) is 2.99. The van der Waals surface area contributed by atoms with Gasteiger partial charge < -0.3 is 4.74 Å². The quantitative estimate of drug-likeness (QED) is 0.657. The van der Waals surface area contributed by atoms with Crippen molar-refractivity contribution in [3.63, 3.8) is 0 Å². The van der Waals surface area contributed by atoms with Crippen LogP contribution in [0.3, 0.4) is 0 Å². The molecule has 0 unspecified atom stereocenters. The molecule has 1 N–H and O–H groups in total. The number of nitrogens with zero attached hydrogens (tertiary/aromatic N) is 1. The second-order valence-electron chi connectivity index (χ2n) is 4.82. The Labute approximate surface area is 128 Å². The maximum Gasteiger partial charge on any atom is 0.277 e. The number of hydrazone groups is 1. The normalized spacial score (nSPS) is 11.0. The molecule has 110 valence electrons. The van der Waals surface area contributed by atoms with Gasteiger partial charge in [0, 0.05) is 4.88 Å². The van der Waals surface area contributed by atoms with Crippen molar-refractivity contribution in [3.05, 3.63) is 52.2 Å². The average molecular weight is 302 g/mol. The molecule has 0 saturated carbocycles. The van der Waals surface area contributed by atoms with E-state index in [9.17, 15) is 4.79 Å². The molecule has 0 aliphatic rings. The summed E-state index contributed by atoms with van der Waals surface area (Å²) in [6.07, 6.45) is 1.61. The number of hydrogen-bond donors (Lipinski definition) is 1. The van der Waals surface area contributed by atoms with Crippen LogP contribution >= 0.6 is 11.3 Å². The van der Waals surface area contributed by atoms with E-state index in [1.165, 1.54) is 5.56 Å². The predicted octanol–water partition coefficient (Wildman–Crippen LogP) is 3.40. The van der Waals surface area contributed by atoms with E-state index >= 15 is 0 Å². The van der Waals surface area contributed by atoms with Crippen molar-refractivity contribution < 1.29 is 9.53 Å². The predicted molar refractivity (Wildman–Crippen MR) is 86.1 cm³/mol. The molecule has 0 radical (unpaired) electrons. The number of benzene rings is 1. The summed E-state index contributed by atoms with van der Waals surface area (Å²) in [7, 11) is 0. The molecule has 0 fully saturated rings. The fourth-order valence-corrected chi connectivity index (χ4v) is 2.25. The Balaban J connectivity index is 1.76. The first-order valence-electron chi connectivity index (χ1n) is 6.73. The molecule has 0 aliphatic carbocycles. The first-order valence-corrected chi connectivity index (χ1v) is 7.61. The standard InChI is InChI=1S/C16H18N2O2S/c1-12(2)13-5-7-14(8-6-13)20-11-16(19)18-17-10-15-4-3-9-21-15/h3-10,12H,11H2,1-2H3,(H,18,19). The van der Waals surface area contributed by atoms with Gasteiger partial charge in [-0.05, 0) is 35.1 Å². The van der Waals surface area contributed by atoms with Crippen LogP contribution in [0.2, 0.25) is 0 Å². The van der Waals surface area contributed by atoms with E-state index in [2.05, 4.69) is 24.4 Å². The molecular formula is C16H18N2O2S. The van der Waals surface area contributed by atoms with Gasteiger partial charge in [-0.3, -0.25) is 4.79 Å². The van der Waals surface area contributed by atoms with Crippen LogP contribution in [-0.4, -0.2) is 18.7 Å². The van der Waals surface area contributed by atoms with Crippen LogP contribution in [0.1, 0.15) is 30.2 Å². The Morgan fingerprint density at radius 1 is 1.33 bits per heavy atom. The molecule has 1 heterocycles. The molecule has 0 spiro atoms. The Bertz CT molecular complexity index is 589. The maximum absolute atomic E-state index is 11.6. The topological polar surface area (TPSA) is 50.7 Å². The van der Waals surface area contributed by atoms with E-state index < -0.39 is 0 Å². The minimum Gasteiger partial charge on any atom is -0.484 e. The van der Waals surface area contributed by atoms with Gasteiger partial charge in [0.2, 0.25) is 0 Å². The first kappa shape index (κ1) is 15.3. The summed E-state index contributed by atoms with van der Waals surface area (Å²) < 4.78 is 5.41. The van der Waals surface area contributed by atoms with Gasteiger partial charge in [-0.25, -0.2) is 5.43 Å². The highest BCUT2D eigenvalue weighted by Crippen LogP contribution is 2.18. The third-order valence-electron chi connectivity index (χ3n) is 2.84. The molecule has 0 bridgehead atoms. The van der Waals surface area contributed by atoms with Gasteiger partial charge in [0.25, 0.3) is 5.91 Å². The summed E-state index contributed by atoms with van der Waals surface area (Å²) in [5.74, 6) is 0.876. The van der Waals surface area contributed by atoms with Gasteiger partial charge in [0.15, 0.2) is 6.61 Å². The smallest absolute Gasteiger partial charge is 0.277 e. The van der Waals surface area contributed by atoms with Gasteiger partial charge >= 0.3 is 0 Å². The van der Waals surface area contributed by atoms with Crippen molar-refractivity contribution >= 4 is 23.5 Å². The highest BCUT2D eigenvalue weighted by atomic mass is 32.1. The molecule has 1 aromatic carbocycles. The largest absolute Gasteiger partial charge is 0.484 e. The zero-order valence-electron chi connectivity index (χ0n) is 12.1.